The molecule has 1 aliphatic carbocycles. The lowest BCUT2D eigenvalue weighted by molar-refractivity contribution is 0.368. The summed E-state index contributed by atoms with van der Waals surface area (Å²) in [5, 5.41) is 12.6. The summed E-state index contributed by atoms with van der Waals surface area (Å²) in [6, 6.07) is 10.7. The van der Waals surface area contributed by atoms with Crippen molar-refractivity contribution < 1.29 is 0 Å². The Balaban J connectivity index is 2.61. The molecule has 2 atom stereocenters. The summed E-state index contributed by atoms with van der Waals surface area (Å²) in [6.07, 6.45) is 9.45. The van der Waals surface area contributed by atoms with Crippen molar-refractivity contribution in [2.75, 3.05) is 12.4 Å². The SMILES string of the molecule is CC=CC1(C(CCC)Nc2ccccc2)CCC(C(C)=NC)=C1C(=N)CC. The minimum Gasteiger partial charge on any atom is -0.381 e. The van der Waals surface area contributed by atoms with Gasteiger partial charge in [-0.3, -0.25) is 4.99 Å². The van der Waals surface area contributed by atoms with Crippen LogP contribution in [0.2, 0.25) is 0 Å². The maximum absolute atomic E-state index is 8.80. The number of anilines is 1. The lowest BCUT2D eigenvalue weighted by Crippen LogP contribution is -2.41. The van der Waals surface area contributed by atoms with Gasteiger partial charge in [-0.1, -0.05) is 50.6 Å². The molecule has 0 amide bonds. The first-order valence-corrected chi connectivity index (χ1v) is 10.2. The first kappa shape index (κ1) is 21.1. The second-order valence-corrected chi connectivity index (χ2v) is 7.39. The Kier molecular flexibility index (Phi) is 7.58. The molecule has 146 valence electrons. The van der Waals surface area contributed by atoms with Gasteiger partial charge in [-0.15, -0.1) is 0 Å². The largest absolute Gasteiger partial charge is 0.381 e. The molecule has 2 N–H and O–H groups in total. The topological polar surface area (TPSA) is 48.2 Å². The van der Waals surface area contributed by atoms with E-state index in [-0.39, 0.29) is 11.5 Å². The van der Waals surface area contributed by atoms with Crippen LogP contribution in [0.5, 0.6) is 0 Å². The third kappa shape index (κ3) is 4.40. The van der Waals surface area contributed by atoms with E-state index < -0.39 is 0 Å². The number of benzene rings is 1. The van der Waals surface area contributed by atoms with Gasteiger partial charge in [-0.05, 0) is 62.8 Å². The monoisotopic (exact) mass is 365 g/mol. The summed E-state index contributed by atoms with van der Waals surface area (Å²) in [7, 11) is 1.86. The molecule has 0 saturated heterocycles. The van der Waals surface area contributed by atoms with Crippen LogP contribution >= 0.6 is 0 Å². The molecule has 2 unspecified atom stereocenters. The summed E-state index contributed by atoms with van der Waals surface area (Å²) in [4.78, 5) is 4.47. The van der Waals surface area contributed by atoms with Gasteiger partial charge in [-0.2, -0.15) is 0 Å². The van der Waals surface area contributed by atoms with E-state index in [1.165, 1.54) is 11.1 Å². The van der Waals surface area contributed by atoms with Crippen LogP contribution in [-0.2, 0) is 0 Å². The number of hydrogen-bond acceptors (Lipinski definition) is 3. The molecule has 0 heterocycles. The fourth-order valence-electron chi connectivity index (χ4n) is 4.41. The van der Waals surface area contributed by atoms with Gasteiger partial charge in [-0.25, -0.2) is 0 Å². The fourth-order valence-corrected chi connectivity index (χ4v) is 4.41. The van der Waals surface area contributed by atoms with Gasteiger partial charge in [0.05, 0.1) is 0 Å². The van der Waals surface area contributed by atoms with Gasteiger partial charge in [0.2, 0.25) is 0 Å². The quantitative estimate of drug-likeness (QED) is 0.384. The fraction of sp³-hybridized carbons (Fsp3) is 0.500. The van der Waals surface area contributed by atoms with Crippen molar-refractivity contribution in [3.05, 3.63) is 53.6 Å². The highest BCUT2D eigenvalue weighted by atomic mass is 14.9. The molecule has 3 nitrogen and oxygen atoms in total. The van der Waals surface area contributed by atoms with E-state index in [4.69, 9.17) is 5.41 Å². The van der Waals surface area contributed by atoms with E-state index in [9.17, 15) is 0 Å². The van der Waals surface area contributed by atoms with Crippen molar-refractivity contribution in [3.63, 3.8) is 0 Å². The van der Waals surface area contributed by atoms with E-state index in [0.29, 0.717) is 0 Å². The number of nitrogens with zero attached hydrogens (tertiary/aromatic N) is 1. The lowest BCUT2D eigenvalue weighted by Gasteiger charge is -2.39. The molecule has 0 spiro atoms. The molecule has 0 saturated carbocycles. The van der Waals surface area contributed by atoms with Crippen LogP contribution in [0.25, 0.3) is 0 Å². The molecular weight excluding hydrogens is 330 g/mol. The molecule has 0 aliphatic heterocycles. The zero-order valence-electron chi connectivity index (χ0n) is 17.6. The second-order valence-electron chi connectivity index (χ2n) is 7.39. The number of hydrogen-bond donors (Lipinski definition) is 2. The number of aliphatic imine (C=N–C) groups is 1. The summed E-state index contributed by atoms with van der Waals surface area (Å²) < 4.78 is 0. The number of nitrogens with one attached hydrogen (secondary N) is 2. The van der Waals surface area contributed by atoms with Crippen LogP contribution in [0.3, 0.4) is 0 Å². The lowest BCUT2D eigenvalue weighted by atomic mass is 9.70. The second kappa shape index (κ2) is 9.68. The van der Waals surface area contributed by atoms with E-state index in [0.717, 1.165) is 49.2 Å². The van der Waals surface area contributed by atoms with E-state index in [2.05, 4.69) is 80.5 Å². The highest BCUT2D eigenvalue weighted by Crippen LogP contribution is 2.50. The average Bonchev–Trinajstić information content (AvgIpc) is 3.08. The maximum atomic E-state index is 8.80. The van der Waals surface area contributed by atoms with Gasteiger partial charge in [0.25, 0.3) is 0 Å². The zero-order chi connectivity index (χ0) is 19.9. The van der Waals surface area contributed by atoms with Gasteiger partial charge in [0.15, 0.2) is 0 Å². The number of rotatable bonds is 9. The highest BCUT2D eigenvalue weighted by molar-refractivity contribution is 6.10. The van der Waals surface area contributed by atoms with Crippen LogP contribution in [0.4, 0.5) is 5.69 Å². The molecule has 27 heavy (non-hydrogen) atoms. The molecular formula is C24H35N3. The van der Waals surface area contributed by atoms with Crippen LogP contribution in [0.1, 0.15) is 59.8 Å². The van der Waals surface area contributed by atoms with Gasteiger partial charge < -0.3 is 10.7 Å². The molecule has 0 bridgehead atoms. The van der Waals surface area contributed by atoms with Gasteiger partial charge in [0.1, 0.15) is 0 Å². The average molecular weight is 366 g/mol. The number of allylic oxidation sites excluding steroid dienone is 2. The molecule has 1 aliphatic rings. The van der Waals surface area contributed by atoms with Crippen molar-refractivity contribution in [1.82, 2.24) is 0 Å². The smallest absolute Gasteiger partial charge is 0.0393 e. The van der Waals surface area contributed by atoms with Crippen molar-refractivity contribution in [2.45, 2.75) is 65.8 Å². The molecule has 0 radical (unpaired) electrons. The Bertz CT molecular complexity index is 727. The Hall–Kier alpha value is -2.16. The minimum absolute atomic E-state index is 0.158. The molecule has 1 aromatic rings. The highest BCUT2D eigenvalue weighted by Gasteiger charge is 2.46. The minimum atomic E-state index is -0.158. The van der Waals surface area contributed by atoms with E-state index in [1.54, 1.807) is 0 Å². The van der Waals surface area contributed by atoms with E-state index >= 15 is 0 Å². The van der Waals surface area contributed by atoms with Crippen molar-refractivity contribution in [2.24, 2.45) is 10.4 Å². The molecule has 1 aromatic carbocycles. The van der Waals surface area contributed by atoms with Crippen molar-refractivity contribution >= 4 is 17.1 Å². The van der Waals surface area contributed by atoms with Gasteiger partial charge >= 0.3 is 0 Å². The Morgan fingerprint density at radius 2 is 2.00 bits per heavy atom. The third-order valence-corrected chi connectivity index (χ3v) is 5.76. The summed E-state index contributed by atoms with van der Waals surface area (Å²) in [5.41, 5.74) is 5.29. The Morgan fingerprint density at radius 1 is 1.30 bits per heavy atom. The van der Waals surface area contributed by atoms with Crippen molar-refractivity contribution in [3.8, 4) is 0 Å². The number of para-hydroxylation sites is 1. The molecule has 2 rings (SSSR count). The Morgan fingerprint density at radius 3 is 2.56 bits per heavy atom. The summed E-state index contributed by atoms with van der Waals surface area (Å²) in [6.45, 7) is 8.51. The third-order valence-electron chi connectivity index (χ3n) is 5.76. The maximum Gasteiger partial charge on any atom is 0.0393 e. The summed E-state index contributed by atoms with van der Waals surface area (Å²) in [5.74, 6) is 0. The van der Waals surface area contributed by atoms with Gasteiger partial charge in [0, 0.05) is 35.6 Å². The zero-order valence-corrected chi connectivity index (χ0v) is 17.6. The van der Waals surface area contributed by atoms with Crippen LogP contribution in [0.15, 0.2) is 58.6 Å². The molecule has 0 aromatic heterocycles. The molecule has 3 heteroatoms. The first-order valence-electron chi connectivity index (χ1n) is 10.2. The normalized spacial score (nSPS) is 21.7. The van der Waals surface area contributed by atoms with Crippen LogP contribution in [0, 0.1) is 10.8 Å². The predicted octanol–water partition coefficient (Wildman–Crippen LogP) is 6.44. The standard InChI is InChI=1S/C24H35N3/c1-6-12-22(27-19-13-10-9-11-14-19)24(16-7-2)17-15-20(18(4)26-5)23(24)21(25)8-3/h7,9-11,13-14,16,22,25,27H,6,8,12,15,17H2,1-5H3. The van der Waals surface area contributed by atoms with E-state index in [1.807, 2.05) is 7.05 Å². The van der Waals surface area contributed by atoms with Crippen LogP contribution in [-0.4, -0.2) is 24.5 Å². The Labute approximate surface area is 165 Å². The molecule has 0 fully saturated rings. The first-order chi connectivity index (χ1) is 13.0. The predicted molar refractivity (Wildman–Crippen MR) is 119 cm³/mol. The van der Waals surface area contributed by atoms with Crippen molar-refractivity contribution in [1.29, 1.82) is 5.41 Å². The van der Waals surface area contributed by atoms with Crippen LogP contribution < -0.4 is 5.32 Å². The summed E-state index contributed by atoms with van der Waals surface area (Å²) >= 11 is 0.